The van der Waals surface area contributed by atoms with Gasteiger partial charge in [0, 0.05) is 0 Å². The number of para-hydroxylation sites is 2. The fourth-order valence-corrected chi connectivity index (χ4v) is 2.37. The van der Waals surface area contributed by atoms with Crippen molar-refractivity contribution >= 4 is 11.8 Å². The summed E-state index contributed by atoms with van der Waals surface area (Å²) >= 11 is 0. The molecule has 0 aliphatic rings. The molecular weight excluding hydrogens is 332 g/mol. The zero-order valence-electron chi connectivity index (χ0n) is 15.3. The molecular formula is C20H24N2O4. The van der Waals surface area contributed by atoms with Crippen molar-refractivity contribution in [1.82, 2.24) is 10.9 Å². The van der Waals surface area contributed by atoms with Crippen LogP contribution in [0.1, 0.15) is 23.1 Å². The number of hydrogen-bond donors (Lipinski definition) is 2. The zero-order chi connectivity index (χ0) is 18.9. The van der Waals surface area contributed by atoms with E-state index in [-0.39, 0.29) is 25.5 Å². The van der Waals surface area contributed by atoms with E-state index in [0.29, 0.717) is 5.75 Å². The highest BCUT2D eigenvalue weighted by atomic mass is 16.5. The maximum Gasteiger partial charge on any atom is 0.276 e. The van der Waals surface area contributed by atoms with Crippen molar-refractivity contribution in [2.24, 2.45) is 0 Å². The maximum atomic E-state index is 11.8. The Morgan fingerprint density at radius 3 is 2.12 bits per heavy atom. The van der Waals surface area contributed by atoms with E-state index in [2.05, 4.69) is 10.9 Å². The van der Waals surface area contributed by atoms with Crippen molar-refractivity contribution in [3.8, 4) is 11.5 Å². The second-order valence-electron chi connectivity index (χ2n) is 5.97. The number of ether oxygens (including phenoxy) is 2. The number of hydrogen-bond acceptors (Lipinski definition) is 4. The summed E-state index contributed by atoms with van der Waals surface area (Å²) in [5, 5.41) is 0. The minimum Gasteiger partial charge on any atom is -0.493 e. The van der Waals surface area contributed by atoms with Gasteiger partial charge in [0.05, 0.1) is 13.0 Å². The molecule has 0 bridgehead atoms. The third-order valence-electron chi connectivity index (χ3n) is 3.78. The first-order valence-electron chi connectivity index (χ1n) is 8.42. The highest BCUT2D eigenvalue weighted by molar-refractivity contribution is 5.82. The lowest BCUT2D eigenvalue weighted by Crippen LogP contribution is -2.44. The summed E-state index contributed by atoms with van der Waals surface area (Å²) in [5.41, 5.74) is 7.60. The Kier molecular flexibility index (Phi) is 7.02. The van der Waals surface area contributed by atoms with Crippen molar-refractivity contribution in [3.63, 3.8) is 0 Å². The van der Waals surface area contributed by atoms with E-state index in [1.165, 1.54) is 0 Å². The van der Waals surface area contributed by atoms with E-state index < -0.39 is 5.91 Å². The molecule has 2 amide bonds. The van der Waals surface area contributed by atoms with Crippen LogP contribution in [0.3, 0.4) is 0 Å². The van der Waals surface area contributed by atoms with Crippen LogP contribution >= 0.6 is 0 Å². The standard InChI is InChI=1S/C20H24N2O4/c1-14-7-4-5-10-17(14)25-12-11-18(23)21-22-19(24)13-26-20-15(2)8-6-9-16(20)3/h4-10H,11-13H2,1-3H3,(H,21,23)(H,22,24). The lowest BCUT2D eigenvalue weighted by molar-refractivity contribution is -0.130. The van der Waals surface area contributed by atoms with Crippen LogP contribution < -0.4 is 20.3 Å². The quantitative estimate of drug-likeness (QED) is 0.748. The Morgan fingerprint density at radius 1 is 0.808 bits per heavy atom. The average Bonchev–Trinajstić information content (AvgIpc) is 2.61. The van der Waals surface area contributed by atoms with E-state index in [0.717, 1.165) is 22.4 Å². The van der Waals surface area contributed by atoms with Gasteiger partial charge in [-0.1, -0.05) is 36.4 Å². The van der Waals surface area contributed by atoms with E-state index in [1.807, 2.05) is 63.2 Å². The molecule has 6 heteroatoms. The second kappa shape index (κ2) is 9.46. The minimum absolute atomic E-state index is 0.131. The minimum atomic E-state index is -0.430. The molecule has 0 radical (unpaired) electrons. The predicted molar refractivity (Wildman–Crippen MR) is 99.0 cm³/mol. The van der Waals surface area contributed by atoms with Gasteiger partial charge in [-0.25, -0.2) is 0 Å². The molecule has 0 aliphatic carbocycles. The molecule has 2 N–H and O–H groups in total. The first-order valence-corrected chi connectivity index (χ1v) is 8.42. The van der Waals surface area contributed by atoms with Gasteiger partial charge in [-0.15, -0.1) is 0 Å². The van der Waals surface area contributed by atoms with Gasteiger partial charge in [0.25, 0.3) is 5.91 Å². The van der Waals surface area contributed by atoms with Gasteiger partial charge >= 0.3 is 0 Å². The molecule has 0 atom stereocenters. The van der Waals surface area contributed by atoms with Gasteiger partial charge in [0.1, 0.15) is 11.5 Å². The first kappa shape index (κ1) is 19.3. The van der Waals surface area contributed by atoms with Crippen LogP contribution in [0.5, 0.6) is 11.5 Å². The predicted octanol–water partition coefficient (Wildman–Crippen LogP) is 2.61. The third-order valence-corrected chi connectivity index (χ3v) is 3.78. The summed E-state index contributed by atoms with van der Waals surface area (Å²) < 4.78 is 11.1. The maximum absolute atomic E-state index is 11.8. The Morgan fingerprint density at radius 2 is 1.42 bits per heavy atom. The molecule has 0 fully saturated rings. The number of aryl methyl sites for hydroxylation is 3. The van der Waals surface area contributed by atoms with Gasteiger partial charge in [0.15, 0.2) is 6.61 Å². The lowest BCUT2D eigenvalue weighted by atomic mass is 10.1. The summed E-state index contributed by atoms with van der Waals surface area (Å²) in [6, 6.07) is 13.3. The van der Waals surface area contributed by atoms with Crippen molar-refractivity contribution < 1.29 is 19.1 Å². The number of carbonyl (C=O) groups excluding carboxylic acids is 2. The largest absolute Gasteiger partial charge is 0.493 e. The normalized spacial score (nSPS) is 10.1. The number of hydrazine groups is 1. The summed E-state index contributed by atoms with van der Waals surface area (Å²) in [6.45, 7) is 5.82. The van der Waals surface area contributed by atoms with Gasteiger partial charge in [-0.2, -0.15) is 0 Å². The zero-order valence-corrected chi connectivity index (χ0v) is 15.3. The van der Waals surface area contributed by atoms with Crippen LogP contribution in [0, 0.1) is 20.8 Å². The lowest BCUT2D eigenvalue weighted by Gasteiger charge is -2.12. The summed E-state index contributed by atoms with van der Waals surface area (Å²) in [6.07, 6.45) is 0.131. The molecule has 0 spiro atoms. The molecule has 0 aromatic heterocycles. The number of benzene rings is 2. The van der Waals surface area contributed by atoms with E-state index in [9.17, 15) is 9.59 Å². The van der Waals surface area contributed by atoms with Crippen molar-refractivity contribution in [1.29, 1.82) is 0 Å². The molecule has 0 heterocycles. The highest BCUT2D eigenvalue weighted by Gasteiger charge is 2.09. The molecule has 0 unspecified atom stereocenters. The molecule has 0 saturated heterocycles. The Labute approximate surface area is 153 Å². The fraction of sp³-hybridized carbons (Fsp3) is 0.300. The van der Waals surface area contributed by atoms with Crippen LogP contribution in [-0.4, -0.2) is 25.0 Å². The monoisotopic (exact) mass is 356 g/mol. The van der Waals surface area contributed by atoms with Crippen molar-refractivity contribution in [3.05, 3.63) is 59.2 Å². The van der Waals surface area contributed by atoms with Gasteiger partial charge in [0.2, 0.25) is 5.91 Å². The molecule has 138 valence electrons. The Hall–Kier alpha value is -3.02. The average molecular weight is 356 g/mol. The SMILES string of the molecule is Cc1ccccc1OCCC(=O)NNC(=O)COc1c(C)cccc1C. The van der Waals surface area contributed by atoms with E-state index in [1.54, 1.807) is 0 Å². The smallest absolute Gasteiger partial charge is 0.276 e. The van der Waals surface area contributed by atoms with Crippen LogP contribution in [0.4, 0.5) is 0 Å². The summed E-state index contributed by atoms with van der Waals surface area (Å²) in [5.74, 6) is 0.659. The number of carbonyl (C=O) groups is 2. The molecule has 0 aliphatic heterocycles. The molecule has 6 nitrogen and oxygen atoms in total. The van der Waals surface area contributed by atoms with Crippen LogP contribution in [0.25, 0.3) is 0 Å². The Balaban J connectivity index is 1.67. The molecule has 2 aromatic carbocycles. The van der Waals surface area contributed by atoms with E-state index in [4.69, 9.17) is 9.47 Å². The number of nitrogens with one attached hydrogen (secondary N) is 2. The van der Waals surface area contributed by atoms with Crippen LogP contribution in [0.2, 0.25) is 0 Å². The third kappa shape index (κ3) is 5.81. The second-order valence-corrected chi connectivity index (χ2v) is 5.97. The molecule has 2 aromatic rings. The van der Waals surface area contributed by atoms with Gasteiger partial charge in [-0.3, -0.25) is 20.4 Å². The van der Waals surface area contributed by atoms with Gasteiger partial charge < -0.3 is 9.47 Å². The highest BCUT2D eigenvalue weighted by Crippen LogP contribution is 2.22. The number of rotatable bonds is 7. The van der Waals surface area contributed by atoms with E-state index >= 15 is 0 Å². The topological polar surface area (TPSA) is 76.7 Å². The Bertz CT molecular complexity index is 754. The number of amides is 2. The first-order chi connectivity index (χ1) is 12.5. The fourth-order valence-electron chi connectivity index (χ4n) is 2.37. The van der Waals surface area contributed by atoms with Crippen molar-refractivity contribution in [2.45, 2.75) is 27.2 Å². The summed E-state index contributed by atoms with van der Waals surface area (Å²) in [7, 11) is 0. The van der Waals surface area contributed by atoms with Gasteiger partial charge in [-0.05, 0) is 43.5 Å². The molecule has 0 saturated carbocycles. The molecule has 26 heavy (non-hydrogen) atoms. The van der Waals surface area contributed by atoms with Crippen LogP contribution in [-0.2, 0) is 9.59 Å². The van der Waals surface area contributed by atoms with Crippen LogP contribution in [0.15, 0.2) is 42.5 Å². The summed E-state index contributed by atoms with van der Waals surface area (Å²) in [4.78, 5) is 23.6. The molecule has 2 rings (SSSR count). The van der Waals surface area contributed by atoms with Crippen molar-refractivity contribution in [2.75, 3.05) is 13.2 Å².